The van der Waals surface area contributed by atoms with Crippen LogP contribution in [-0.2, 0) is 84.8 Å². The van der Waals surface area contributed by atoms with Crippen molar-refractivity contribution in [1.29, 1.82) is 0 Å². The van der Waals surface area contributed by atoms with Gasteiger partial charge in [-0.15, -0.1) is 0 Å². The van der Waals surface area contributed by atoms with Crippen molar-refractivity contribution in [2.75, 3.05) is 30.1 Å². The van der Waals surface area contributed by atoms with E-state index < -0.39 is 206 Å². The van der Waals surface area contributed by atoms with Crippen molar-refractivity contribution in [3.8, 4) is 5.75 Å². The van der Waals surface area contributed by atoms with Gasteiger partial charge in [0.25, 0.3) is 0 Å². The van der Waals surface area contributed by atoms with Crippen LogP contribution in [0.3, 0.4) is 0 Å². The number of para-hydroxylation sites is 1. The number of Topliss-reactive ketones (excluding diaryl/α,β-unsaturated/α-hetero) is 6. The first-order chi connectivity index (χ1) is 47.6. The Balaban J connectivity index is 1.97. The molecule has 12 atom stereocenters. The number of hydrogen-bond acceptors (Lipinski definition) is 29. The average Bonchev–Trinajstić information content (AvgIpc) is 1.78. The Hall–Kier alpha value is -8.74. The number of benzene rings is 2. The highest BCUT2D eigenvalue weighted by Crippen LogP contribution is 2.24. The summed E-state index contributed by atoms with van der Waals surface area (Å²) in [4.78, 5) is 203. The molecule has 3 aromatic rings. The molecule has 0 fully saturated rings. The van der Waals surface area contributed by atoms with Crippen LogP contribution in [0.2, 0.25) is 0 Å². The molecular formula is C62H90N16O20S3. The number of carboxylic acids is 1. The van der Waals surface area contributed by atoms with Gasteiger partial charge in [-0.3, -0.25) is 71.9 Å². The fraction of sp³-hybridized carbons (Fsp3) is 0.500. The number of carbonyl (C=O) groups is 15. The van der Waals surface area contributed by atoms with E-state index in [9.17, 15) is 87.3 Å². The van der Waals surface area contributed by atoms with E-state index in [0.717, 1.165) is 28.5 Å². The summed E-state index contributed by atoms with van der Waals surface area (Å²) < 4.78 is 0. The number of amides is 8. The van der Waals surface area contributed by atoms with Crippen molar-refractivity contribution < 1.29 is 97.7 Å². The SMILES string of the molecule is C=C(N[C@@H](CC(N)=O)C(=O)C(=O)[C@H](CC(C)C)NO)[C@H](CCSC)NN[C@@H](CCC(N)=O)C(=O)C(=O)[C@H](CC(N)=O)NC(=O)[C@H](Cc1c[nH]c2ccccc12)NC(=O)[C@@H](NC(=O)[C@H](Cc1ccc(O)cc1)NC(=O)C(N)CSSCC(NC(=O)CCC(N)C(=O)O)C(=O)C(=O)CNO)[C@@H](C)O. The number of aliphatic hydroxyl groups excluding tert-OH is 1. The van der Waals surface area contributed by atoms with Crippen molar-refractivity contribution in [3.63, 3.8) is 0 Å². The minimum atomic E-state index is -2.09. The summed E-state index contributed by atoms with van der Waals surface area (Å²) in [6.07, 6.45) is -2.65. The van der Waals surface area contributed by atoms with Crippen LogP contribution >= 0.6 is 33.3 Å². The first kappa shape index (κ1) is 86.5. The van der Waals surface area contributed by atoms with Gasteiger partial charge in [-0.25, -0.2) is 10.9 Å². The highest BCUT2D eigenvalue weighted by Gasteiger charge is 2.39. The second kappa shape index (κ2) is 43.8. The van der Waals surface area contributed by atoms with Crippen LogP contribution in [0.15, 0.2) is 67.0 Å². The van der Waals surface area contributed by atoms with Crippen molar-refractivity contribution in [2.45, 2.75) is 158 Å². The molecule has 0 aliphatic carbocycles. The zero-order valence-electron chi connectivity index (χ0n) is 55.8. The minimum absolute atomic E-state index is 0.0359. The van der Waals surface area contributed by atoms with E-state index >= 15 is 0 Å². The number of thioether (sulfide) groups is 1. The number of nitrogens with two attached hydrogens (primary N) is 5. The third-order valence-electron chi connectivity index (χ3n) is 15.1. The van der Waals surface area contributed by atoms with Crippen LogP contribution in [-0.4, -0.2) is 221 Å². The van der Waals surface area contributed by atoms with Gasteiger partial charge in [0.1, 0.15) is 48.0 Å². The topological polar surface area (TPSA) is 623 Å². The molecule has 0 spiro atoms. The van der Waals surface area contributed by atoms with Gasteiger partial charge in [0.2, 0.25) is 82.0 Å². The molecule has 0 aliphatic heterocycles. The number of aromatic hydroxyl groups is 1. The van der Waals surface area contributed by atoms with Crippen LogP contribution in [0.1, 0.15) is 83.3 Å². The molecule has 39 heteroatoms. The summed E-state index contributed by atoms with van der Waals surface area (Å²) in [5, 5.41) is 64.3. The number of ketones is 6. The van der Waals surface area contributed by atoms with Gasteiger partial charge in [0.15, 0.2) is 0 Å². The van der Waals surface area contributed by atoms with Gasteiger partial charge in [-0.05, 0) is 79.9 Å². The van der Waals surface area contributed by atoms with Crippen LogP contribution in [0.4, 0.5) is 0 Å². The number of fused-ring (bicyclic) bond motifs is 1. The molecule has 2 aromatic carbocycles. The van der Waals surface area contributed by atoms with Gasteiger partial charge in [0, 0.05) is 60.0 Å². The van der Waals surface area contributed by atoms with E-state index in [0.29, 0.717) is 27.8 Å². The quantitative estimate of drug-likeness (QED) is 0.0109. The molecule has 1 heterocycles. The normalized spacial score (nSPS) is 14.9. The zero-order valence-corrected chi connectivity index (χ0v) is 58.2. The molecule has 3 unspecified atom stereocenters. The molecule has 101 heavy (non-hydrogen) atoms. The highest BCUT2D eigenvalue weighted by atomic mass is 33.1. The number of nitrogens with one attached hydrogen (secondary N) is 11. The van der Waals surface area contributed by atoms with Crippen molar-refractivity contribution >= 4 is 132 Å². The molecule has 0 aliphatic rings. The molecule has 26 N–H and O–H groups in total. The molecule has 8 amide bonds. The van der Waals surface area contributed by atoms with Crippen molar-refractivity contribution in [3.05, 3.63) is 78.1 Å². The number of carbonyl (C=O) groups excluding carboxylic acids is 14. The Bertz CT molecular complexity index is 3440. The third kappa shape index (κ3) is 29.8. The average molecular weight is 1480 g/mol. The summed E-state index contributed by atoms with van der Waals surface area (Å²) in [6, 6.07) is -5.39. The largest absolute Gasteiger partial charge is 0.508 e. The number of aliphatic carboxylic acids is 1. The summed E-state index contributed by atoms with van der Waals surface area (Å²) in [6.45, 7) is 7.73. The number of rotatable bonds is 52. The maximum Gasteiger partial charge on any atom is 0.320 e. The Kier molecular flexibility index (Phi) is 37.5. The Labute approximate surface area is 591 Å². The Morgan fingerprint density at radius 3 is 1.70 bits per heavy atom. The molecular weight excluding hydrogens is 1380 g/mol. The lowest BCUT2D eigenvalue weighted by Gasteiger charge is -2.29. The van der Waals surface area contributed by atoms with Gasteiger partial charge in [-0.1, -0.05) is 72.3 Å². The van der Waals surface area contributed by atoms with Gasteiger partial charge in [0.05, 0.1) is 49.7 Å². The first-order valence-corrected chi connectivity index (χ1v) is 35.3. The fourth-order valence-corrected chi connectivity index (χ4v) is 12.4. The predicted molar refractivity (Wildman–Crippen MR) is 370 cm³/mol. The van der Waals surface area contributed by atoms with Crippen LogP contribution < -0.4 is 82.4 Å². The van der Waals surface area contributed by atoms with E-state index in [4.69, 9.17) is 39.0 Å². The Morgan fingerprint density at radius 2 is 1.13 bits per heavy atom. The summed E-state index contributed by atoms with van der Waals surface area (Å²) >= 11 is 1.35. The molecule has 556 valence electrons. The number of hydroxylamine groups is 2. The number of hydrogen-bond donors (Lipinski definition) is 21. The van der Waals surface area contributed by atoms with Gasteiger partial charge in [-0.2, -0.15) is 22.7 Å². The second-order valence-electron chi connectivity index (χ2n) is 23.8. The lowest BCUT2D eigenvalue weighted by Crippen LogP contribution is -2.62. The number of phenolic OH excluding ortho intramolecular Hbond substituents is 1. The molecule has 0 saturated carbocycles. The van der Waals surface area contributed by atoms with Crippen molar-refractivity contribution in [1.82, 2.24) is 58.7 Å². The first-order valence-electron chi connectivity index (χ1n) is 31.4. The van der Waals surface area contributed by atoms with Gasteiger partial charge < -0.3 is 91.3 Å². The monoisotopic (exact) mass is 1470 g/mol. The third-order valence-corrected chi connectivity index (χ3v) is 18.2. The molecule has 1 aromatic heterocycles. The number of aromatic amines is 1. The van der Waals surface area contributed by atoms with Crippen molar-refractivity contribution in [2.24, 2.45) is 34.6 Å². The van der Waals surface area contributed by atoms with E-state index in [-0.39, 0.29) is 54.6 Å². The predicted octanol–water partition coefficient (Wildman–Crippen LogP) is -4.78. The second-order valence-corrected chi connectivity index (χ2v) is 27.3. The number of primary amides is 3. The number of hydrazine groups is 1. The van der Waals surface area contributed by atoms with Crippen LogP contribution in [0, 0.1) is 5.92 Å². The lowest BCUT2D eigenvalue weighted by atomic mass is 9.94. The molecule has 0 bridgehead atoms. The van der Waals surface area contributed by atoms with Gasteiger partial charge >= 0.3 is 5.97 Å². The summed E-state index contributed by atoms with van der Waals surface area (Å²) in [7, 11) is 1.76. The lowest BCUT2D eigenvalue weighted by molar-refractivity contribution is -0.141. The van der Waals surface area contributed by atoms with Crippen LogP contribution in [0.25, 0.3) is 10.9 Å². The molecule has 0 saturated heterocycles. The maximum atomic E-state index is 14.8. The molecule has 3 rings (SSSR count). The van der Waals surface area contributed by atoms with E-state index in [1.54, 1.807) is 49.8 Å². The van der Waals surface area contributed by atoms with E-state index in [2.05, 4.69) is 54.3 Å². The smallest absolute Gasteiger partial charge is 0.320 e. The number of aliphatic hydroxyl groups is 1. The maximum absolute atomic E-state index is 14.8. The number of aromatic nitrogens is 1. The number of H-pyrrole nitrogens is 1. The molecule has 36 nitrogen and oxygen atoms in total. The zero-order chi connectivity index (χ0) is 75.8. The molecule has 0 radical (unpaired) electrons. The Morgan fingerprint density at radius 1 is 0.574 bits per heavy atom. The fourth-order valence-electron chi connectivity index (χ4n) is 9.65. The highest BCUT2D eigenvalue weighted by molar-refractivity contribution is 8.76. The van der Waals surface area contributed by atoms with E-state index in [1.807, 2.05) is 5.48 Å². The van der Waals surface area contributed by atoms with E-state index in [1.165, 1.54) is 42.2 Å². The minimum Gasteiger partial charge on any atom is -0.508 e. The van der Waals surface area contributed by atoms with Crippen LogP contribution in [0.5, 0.6) is 5.75 Å². The summed E-state index contributed by atoms with van der Waals surface area (Å²) in [5.41, 5.74) is 38.3. The number of phenols is 1. The summed E-state index contributed by atoms with van der Waals surface area (Å²) in [5.74, 6) is -17.7. The number of carboxylic acid groups (broad SMARTS) is 1. The standard InChI is InChI=1S/C62H90N16O20S3/c1-29(2)20-43(78-98)57(90)55(88)41(23-49(66)83)70-30(3)38(18-19-99-5)76-77-40(15-16-48(65)82)54(87)56(89)42(24-50(67)84)72-59(92)45(22-33-25-68-39-9-7-6-8-35(33)39)74-61(94)52(31(4)79)75-60(93)44(21-32-10-12-34(80)13-11-32)73-58(91)37(64)27-100-101-28-46(53(86)47(81)26-69-97)71-51(85)17-14-36(63)62(95)96/h6-13,25,29,31,36-38,40-46,52,68-70,76-80,97-98H,3,14-24,26-28,63-64H2,1-2,4-5H3,(H2,65,82)(H2,66,83)(H2,67,84)(H,71,85)(H,72,92)(H,73,91)(H,74,94)(H,75,93)(H,95,96)/t31-,36?,37?,38+,40+,41+,42+,43+,44+,45+,46?,52+/m1/s1.